The van der Waals surface area contributed by atoms with E-state index in [-0.39, 0.29) is 5.82 Å². The van der Waals surface area contributed by atoms with E-state index in [9.17, 15) is 9.50 Å². The maximum absolute atomic E-state index is 14.3. The lowest BCUT2D eigenvalue weighted by molar-refractivity contribution is 0.199. The van der Waals surface area contributed by atoms with E-state index in [1.165, 1.54) is 6.07 Å². The topological polar surface area (TPSA) is 36.6 Å². The molecule has 1 aliphatic carbocycles. The van der Waals surface area contributed by atoms with Gasteiger partial charge in [-0.25, -0.2) is 4.39 Å². The van der Waals surface area contributed by atoms with Crippen LogP contribution >= 0.6 is 0 Å². The molecule has 3 nitrogen and oxygen atoms in total. The van der Waals surface area contributed by atoms with Crippen LogP contribution in [0.3, 0.4) is 0 Å². The van der Waals surface area contributed by atoms with Crippen molar-refractivity contribution in [2.45, 2.75) is 38.5 Å². The zero-order chi connectivity index (χ0) is 14.1. The number of aliphatic hydroxyl groups excluding tert-OH is 1. The first kappa shape index (κ1) is 13.2. The Labute approximate surface area is 117 Å². The van der Waals surface area contributed by atoms with E-state index in [0.717, 1.165) is 18.6 Å². The van der Waals surface area contributed by atoms with Crippen molar-refractivity contribution in [2.75, 3.05) is 4.90 Å². The predicted octanol–water partition coefficient (Wildman–Crippen LogP) is 3.64. The molecular formula is C16H18FNO2. The third-order valence-electron chi connectivity index (χ3n) is 3.65. The number of hydrogen-bond acceptors (Lipinski definition) is 3. The van der Waals surface area contributed by atoms with Crippen molar-refractivity contribution in [2.24, 2.45) is 0 Å². The Morgan fingerprint density at radius 3 is 2.75 bits per heavy atom. The molecule has 4 heteroatoms. The van der Waals surface area contributed by atoms with Gasteiger partial charge in [0, 0.05) is 11.6 Å². The lowest BCUT2D eigenvalue weighted by Gasteiger charge is -2.27. The fraction of sp³-hybridized carbons (Fsp3) is 0.375. The first-order valence-corrected chi connectivity index (χ1v) is 6.92. The Balaban J connectivity index is 1.99. The highest BCUT2D eigenvalue weighted by Gasteiger charge is 2.33. The van der Waals surface area contributed by atoms with Crippen LogP contribution in [0, 0.1) is 5.82 Å². The van der Waals surface area contributed by atoms with Crippen molar-refractivity contribution < 1.29 is 13.9 Å². The maximum Gasteiger partial charge on any atom is 0.146 e. The molecule has 0 radical (unpaired) electrons. The zero-order valence-electron chi connectivity index (χ0n) is 11.4. The molecule has 0 aliphatic heterocycles. The molecule has 20 heavy (non-hydrogen) atoms. The van der Waals surface area contributed by atoms with Gasteiger partial charge >= 0.3 is 0 Å². The lowest BCUT2D eigenvalue weighted by atomic mass is 10.1. The van der Waals surface area contributed by atoms with E-state index >= 15 is 0 Å². The number of anilines is 1. The molecule has 3 rings (SSSR count). The Hall–Kier alpha value is -1.81. The smallest absolute Gasteiger partial charge is 0.146 e. The molecule has 0 spiro atoms. The molecule has 1 saturated carbocycles. The number of halogens is 1. The number of aliphatic hydroxyl groups is 1. The highest BCUT2D eigenvalue weighted by atomic mass is 19.1. The molecular weight excluding hydrogens is 257 g/mol. The van der Waals surface area contributed by atoms with Crippen LogP contribution in [0.25, 0.3) is 0 Å². The number of hydrogen-bond donors (Lipinski definition) is 1. The lowest BCUT2D eigenvalue weighted by Crippen LogP contribution is -2.27. The van der Waals surface area contributed by atoms with Gasteiger partial charge in [-0.3, -0.25) is 0 Å². The molecule has 1 aliphatic rings. The minimum atomic E-state index is -0.696. The van der Waals surface area contributed by atoms with Crippen LogP contribution in [-0.2, 0) is 6.54 Å². The van der Waals surface area contributed by atoms with Gasteiger partial charge in [0.05, 0.1) is 24.6 Å². The number of benzene rings is 1. The average Bonchev–Trinajstić information content (AvgIpc) is 3.13. The van der Waals surface area contributed by atoms with Crippen molar-refractivity contribution in [1.29, 1.82) is 0 Å². The van der Waals surface area contributed by atoms with Gasteiger partial charge in [-0.1, -0.05) is 12.1 Å². The van der Waals surface area contributed by atoms with Crippen LogP contribution in [0.2, 0.25) is 0 Å². The highest BCUT2D eigenvalue weighted by Crippen LogP contribution is 2.38. The molecule has 0 amide bonds. The van der Waals surface area contributed by atoms with Crippen molar-refractivity contribution in [3.8, 4) is 0 Å². The SMILES string of the molecule is CC(O)c1cccc(F)c1N(Cc1ccco1)C1CC1. The third-order valence-corrected chi connectivity index (χ3v) is 3.65. The number of furan rings is 1. The maximum atomic E-state index is 14.3. The van der Waals surface area contributed by atoms with Gasteiger partial charge < -0.3 is 14.4 Å². The quantitative estimate of drug-likeness (QED) is 0.905. The summed E-state index contributed by atoms with van der Waals surface area (Å²) in [5, 5.41) is 9.89. The Bertz CT molecular complexity index is 576. The van der Waals surface area contributed by atoms with Gasteiger partial charge in [0.1, 0.15) is 11.6 Å². The number of nitrogens with zero attached hydrogens (tertiary/aromatic N) is 1. The molecule has 1 aromatic carbocycles. The van der Waals surface area contributed by atoms with Crippen molar-refractivity contribution in [3.63, 3.8) is 0 Å². The molecule has 0 saturated heterocycles. The van der Waals surface area contributed by atoms with Crippen molar-refractivity contribution in [3.05, 3.63) is 53.7 Å². The Morgan fingerprint density at radius 2 is 2.15 bits per heavy atom. The van der Waals surface area contributed by atoms with Crippen LogP contribution in [0.4, 0.5) is 10.1 Å². The molecule has 1 unspecified atom stereocenters. The first-order chi connectivity index (χ1) is 9.66. The van der Waals surface area contributed by atoms with Crippen molar-refractivity contribution >= 4 is 5.69 Å². The molecule has 2 aromatic rings. The summed E-state index contributed by atoms with van der Waals surface area (Å²) in [6, 6.07) is 8.91. The van der Waals surface area contributed by atoms with Gasteiger partial charge in [-0.2, -0.15) is 0 Å². The minimum Gasteiger partial charge on any atom is -0.467 e. The Morgan fingerprint density at radius 1 is 1.35 bits per heavy atom. The van der Waals surface area contributed by atoms with Gasteiger partial charge in [-0.15, -0.1) is 0 Å². The number of rotatable bonds is 5. The Kier molecular flexibility index (Phi) is 3.49. The highest BCUT2D eigenvalue weighted by molar-refractivity contribution is 5.57. The van der Waals surface area contributed by atoms with E-state index in [0.29, 0.717) is 23.8 Å². The summed E-state index contributed by atoms with van der Waals surface area (Å²) >= 11 is 0. The normalized spacial score (nSPS) is 16.1. The van der Waals surface area contributed by atoms with E-state index in [2.05, 4.69) is 0 Å². The van der Waals surface area contributed by atoms with Gasteiger partial charge in [0.15, 0.2) is 0 Å². The van der Waals surface area contributed by atoms with Crippen LogP contribution in [0.1, 0.15) is 37.2 Å². The zero-order valence-corrected chi connectivity index (χ0v) is 11.4. The fourth-order valence-corrected chi connectivity index (χ4v) is 2.52. The molecule has 106 valence electrons. The van der Waals surface area contributed by atoms with Crippen LogP contribution in [0.15, 0.2) is 41.0 Å². The molecule has 1 atom stereocenters. The molecule has 1 N–H and O–H groups in total. The van der Waals surface area contributed by atoms with Gasteiger partial charge in [0.2, 0.25) is 0 Å². The summed E-state index contributed by atoms with van der Waals surface area (Å²) in [5.41, 5.74) is 1.13. The second-order valence-corrected chi connectivity index (χ2v) is 5.29. The van der Waals surface area contributed by atoms with E-state index in [1.54, 1.807) is 25.3 Å². The first-order valence-electron chi connectivity index (χ1n) is 6.92. The van der Waals surface area contributed by atoms with Crippen LogP contribution < -0.4 is 4.90 Å². The minimum absolute atomic E-state index is 0.290. The van der Waals surface area contributed by atoms with Gasteiger partial charge in [-0.05, 0) is 38.0 Å². The largest absolute Gasteiger partial charge is 0.467 e. The standard InChI is InChI=1S/C16H18FNO2/c1-11(19)14-5-2-6-15(17)16(14)18(12-7-8-12)10-13-4-3-9-20-13/h2-6,9,11-12,19H,7-8,10H2,1H3. The van der Waals surface area contributed by atoms with E-state index < -0.39 is 6.10 Å². The van der Waals surface area contributed by atoms with Crippen molar-refractivity contribution in [1.82, 2.24) is 0 Å². The summed E-state index contributed by atoms with van der Waals surface area (Å²) in [6.45, 7) is 2.19. The number of para-hydroxylation sites is 1. The summed E-state index contributed by atoms with van der Waals surface area (Å²) in [7, 11) is 0. The summed E-state index contributed by atoms with van der Waals surface area (Å²) < 4.78 is 19.7. The molecule has 1 heterocycles. The van der Waals surface area contributed by atoms with Crippen LogP contribution in [0.5, 0.6) is 0 Å². The summed E-state index contributed by atoms with van der Waals surface area (Å²) in [4.78, 5) is 2.01. The second kappa shape index (κ2) is 5.29. The monoisotopic (exact) mass is 275 g/mol. The second-order valence-electron chi connectivity index (χ2n) is 5.29. The van der Waals surface area contributed by atoms with Gasteiger partial charge in [0.25, 0.3) is 0 Å². The summed E-state index contributed by atoms with van der Waals surface area (Å²) in [6.07, 6.45) is 3.03. The van der Waals surface area contributed by atoms with E-state index in [1.807, 2.05) is 17.0 Å². The third kappa shape index (κ3) is 2.56. The molecule has 1 aromatic heterocycles. The van der Waals surface area contributed by atoms with Crippen LogP contribution in [-0.4, -0.2) is 11.1 Å². The summed E-state index contributed by atoms with van der Waals surface area (Å²) in [5.74, 6) is 0.513. The fourth-order valence-electron chi connectivity index (χ4n) is 2.52. The predicted molar refractivity (Wildman–Crippen MR) is 74.9 cm³/mol. The van der Waals surface area contributed by atoms with E-state index in [4.69, 9.17) is 4.42 Å². The molecule has 0 bridgehead atoms. The average molecular weight is 275 g/mol. The molecule has 1 fully saturated rings.